The number of benzene rings is 1. The molecular formula is C18H33IN4O. The topological polar surface area (TPSA) is 48.9 Å². The Balaban J connectivity index is 0.00000529. The lowest BCUT2D eigenvalue weighted by Crippen LogP contribution is -2.40. The lowest BCUT2D eigenvalue weighted by atomic mass is 10.1. The van der Waals surface area contributed by atoms with Crippen molar-refractivity contribution in [3.05, 3.63) is 29.3 Å². The Bertz CT molecular complexity index is 506. The lowest BCUT2D eigenvalue weighted by Gasteiger charge is -2.18. The number of rotatable bonds is 8. The molecule has 0 radical (unpaired) electrons. The van der Waals surface area contributed by atoms with Crippen LogP contribution in [0.5, 0.6) is 5.75 Å². The Morgan fingerprint density at radius 1 is 1.29 bits per heavy atom. The molecule has 0 saturated carbocycles. The van der Waals surface area contributed by atoms with Crippen molar-refractivity contribution in [1.29, 1.82) is 0 Å². The highest BCUT2D eigenvalue weighted by Crippen LogP contribution is 2.21. The standard InChI is InChI=1S/C18H32N4O.HI/c1-7-22(6)11-10-20-18(19-5)21-13-16-9-8-15(4)12-17(16)23-14(2)3;/h8-9,12,14H,7,10-11,13H2,1-6H3,(H2,19,20,21);1H. The zero-order chi connectivity index (χ0) is 17.2. The molecule has 5 nitrogen and oxygen atoms in total. The van der Waals surface area contributed by atoms with Gasteiger partial charge in [0.05, 0.1) is 6.10 Å². The van der Waals surface area contributed by atoms with Crippen molar-refractivity contribution < 1.29 is 4.74 Å². The van der Waals surface area contributed by atoms with Gasteiger partial charge in [-0.2, -0.15) is 0 Å². The second kappa shape index (κ2) is 12.4. The maximum Gasteiger partial charge on any atom is 0.191 e. The van der Waals surface area contributed by atoms with E-state index in [-0.39, 0.29) is 30.1 Å². The number of guanidine groups is 1. The molecule has 2 N–H and O–H groups in total. The van der Waals surface area contributed by atoms with Crippen LogP contribution in [0.1, 0.15) is 31.9 Å². The molecule has 0 saturated heterocycles. The zero-order valence-corrected chi connectivity index (χ0v) is 18.2. The normalized spacial score (nSPS) is 11.4. The first-order chi connectivity index (χ1) is 11.0. The van der Waals surface area contributed by atoms with E-state index in [1.165, 1.54) is 5.56 Å². The van der Waals surface area contributed by atoms with Crippen LogP contribution in [0.4, 0.5) is 0 Å². The first kappa shape index (κ1) is 23.0. The summed E-state index contributed by atoms with van der Waals surface area (Å²) in [6.45, 7) is 11.9. The van der Waals surface area contributed by atoms with E-state index in [1.54, 1.807) is 7.05 Å². The van der Waals surface area contributed by atoms with Crippen LogP contribution in [-0.2, 0) is 6.54 Å². The second-order valence-corrected chi connectivity index (χ2v) is 6.03. The van der Waals surface area contributed by atoms with E-state index in [9.17, 15) is 0 Å². The van der Waals surface area contributed by atoms with Crippen molar-refractivity contribution in [3.63, 3.8) is 0 Å². The summed E-state index contributed by atoms with van der Waals surface area (Å²) in [6, 6.07) is 6.30. The van der Waals surface area contributed by atoms with E-state index in [2.05, 4.69) is 59.6 Å². The highest BCUT2D eigenvalue weighted by Gasteiger charge is 2.07. The fraction of sp³-hybridized carbons (Fsp3) is 0.611. The monoisotopic (exact) mass is 448 g/mol. The zero-order valence-electron chi connectivity index (χ0n) is 15.8. The van der Waals surface area contributed by atoms with Crippen LogP contribution in [0.3, 0.4) is 0 Å². The summed E-state index contributed by atoms with van der Waals surface area (Å²) in [6.07, 6.45) is 0.164. The minimum Gasteiger partial charge on any atom is -0.491 e. The minimum atomic E-state index is 0. The molecule has 0 fully saturated rings. The van der Waals surface area contributed by atoms with Gasteiger partial charge in [-0.3, -0.25) is 4.99 Å². The molecule has 6 heteroatoms. The van der Waals surface area contributed by atoms with Gasteiger partial charge < -0.3 is 20.3 Å². The van der Waals surface area contributed by atoms with E-state index in [0.29, 0.717) is 6.54 Å². The number of likely N-dealkylation sites (N-methyl/N-ethyl adjacent to an activating group) is 1. The number of aliphatic imine (C=N–C) groups is 1. The molecule has 0 unspecified atom stereocenters. The largest absolute Gasteiger partial charge is 0.491 e. The van der Waals surface area contributed by atoms with Crippen LogP contribution in [-0.4, -0.2) is 50.7 Å². The third-order valence-corrected chi connectivity index (χ3v) is 3.58. The summed E-state index contributed by atoms with van der Waals surface area (Å²) in [7, 11) is 3.90. The van der Waals surface area contributed by atoms with Crippen molar-refractivity contribution in [3.8, 4) is 5.75 Å². The summed E-state index contributed by atoms with van der Waals surface area (Å²) >= 11 is 0. The molecule has 1 aromatic carbocycles. The van der Waals surface area contributed by atoms with E-state index >= 15 is 0 Å². The van der Waals surface area contributed by atoms with Gasteiger partial charge in [-0.15, -0.1) is 24.0 Å². The van der Waals surface area contributed by atoms with Crippen molar-refractivity contribution in [2.75, 3.05) is 33.7 Å². The van der Waals surface area contributed by atoms with Gasteiger partial charge in [-0.1, -0.05) is 19.1 Å². The van der Waals surface area contributed by atoms with Gasteiger partial charge in [0.15, 0.2) is 5.96 Å². The quantitative estimate of drug-likeness (QED) is 0.365. The molecule has 138 valence electrons. The van der Waals surface area contributed by atoms with E-state index in [0.717, 1.165) is 36.9 Å². The van der Waals surface area contributed by atoms with Crippen molar-refractivity contribution in [2.24, 2.45) is 4.99 Å². The lowest BCUT2D eigenvalue weighted by molar-refractivity contribution is 0.239. The van der Waals surface area contributed by atoms with Gasteiger partial charge >= 0.3 is 0 Å². The Kier molecular flexibility index (Phi) is 11.8. The molecule has 0 aliphatic rings. The second-order valence-electron chi connectivity index (χ2n) is 6.03. The molecule has 0 amide bonds. The highest BCUT2D eigenvalue weighted by atomic mass is 127. The Labute approximate surface area is 164 Å². The third-order valence-electron chi connectivity index (χ3n) is 3.58. The highest BCUT2D eigenvalue weighted by molar-refractivity contribution is 14.0. The van der Waals surface area contributed by atoms with Crippen LogP contribution in [0.25, 0.3) is 0 Å². The molecular weight excluding hydrogens is 415 g/mol. The Morgan fingerprint density at radius 3 is 2.58 bits per heavy atom. The van der Waals surface area contributed by atoms with Crippen LogP contribution >= 0.6 is 24.0 Å². The Morgan fingerprint density at radius 2 is 2.00 bits per heavy atom. The molecule has 1 rings (SSSR count). The minimum absolute atomic E-state index is 0. The van der Waals surface area contributed by atoms with E-state index < -0.39 is 0 Å². The average Bonchev–Trinajstić information content (AvgIpc) is 2.51. The van der Waals surface area contributed by atoms with Gasteiger partial charge in [-0.05, 0) is 46.0 Å². The summed E-state index contributed by atoms with van der Waals surface area (Å²) in [4.78, 5) is 6.53. The number of hydrogen-bond acceptors (Lipinski definition) is 3. The Hall–Kier alpha value is -1.02. The van der Waals surface area contributed by atoms with E-state index in [4.69, 9.17) is 4.74 Å². The molecule has 0 heterocycles. The van der Waals surface area contributed by atoms with Crippen LogP contribution < -0.4 is 15.4 Å². The molecule has 0 aliphatic heterocycles. The maximum atomic E-state index is 5.91. The van der Waals surface area contributed by atoms with Crippen molar-refractivity contribution in [2.45, 2.75) is 40.3 Å². The van der Waals surface area contributed by atoms with Crippen LogP contribution in [0.2, 0.25) is 0 Å². The van der Waals surface area contributed by atoms with Gasteiger partial charge in [-0.25, -0.2) is 0 Å². The first-order valence-electron chi connectivity index (χ1n) is 8.35. The number of aryl methyl sites for hydroxylation is 1. The molecule has 24 heavy (non-hydrogen) atoms. The molecule has 0 aliphatic carbocycles. The maximum absolute atomic E-state index is 5.91. The molecule has 0 atom stereocenters. The van der Waals surface area contributed by atoms with Crippen LogP contribution in [0.15, 0.2) is 23.2 Å². The predicted octanol–water partition coefficient (Wildman–Crippen LogP) is 3.02. The summed E-state index contributed by atoms with van der Waals surface area (Å²) in [5, 5.41) is 6.68. The van der Waals surface area contributed by atoms with Gasteiger partial charge in [0.2, 0.25) is 0 Å². The summed E-state index contributed by atoms with van der Waals surface area (Å²) in [5.41, 5.74) is 2.34. The SMILES string of the molecule is CCN(C)CCNC(=NC)NCc1ccc(C)cc1OC(C)C.I. The number of ether oxygens (including phenoxy) is 1. The van der Waals surface area contributed by atoms with Crippen molar-refractivity contribution in [1.82, 2.24) is 15.5 Å². The molecule has 1 aromatic rings. The molecule has 0 bridgehead atoms. The smallest absolute Gasteiger partial charge is 0.191 e. The van der Waals surface area contributed by atoms with Crippen molar-refractivity contribution >= 4 is 29.9 Å². The summed E-state index contributed by atoms with van der Waals surface area (Å²) in [5.74, 6) is 1.75. The number of nitrogens with zero attached hydrogens (tertiary/aromatic N) is 2. The fourth-order valence-corrected chi connectivity index (χ4v) is 2.09. The molecule has 0 aromatic heterocycles. The van der Waals surface area contributed by atoms with Gasteiger partial charge in [0.1, 0.15) is 5.75 Å². The van der Waals surface area contributed by atoms with Gasteiger partial charge in [0.25, 0.3) is 0 Å². The number of nitrogens with one attached hydrogen (secondary N) is 2. The predicted molar refractivity (Wildman–Crippen MR) is 114 cm³/mol. The fourth-order valence-electron chi connectivity index (χ4n) is 2.09. The first-order valence-corrected chi connectivity index (χ1v) is 8.35. The number of hydrogen-bond donors (Lipinski definition) is 2. The molecule has 0 spiro atoms. The average molecular weight is 448 g/mol. The van der Waals surface area contributed by atoms with Crippen LogP contribution in [0, 0.1) is 6.92 Å². The number of halogens is 1. The van der Waals surface area contributed by atoms with Gasteiger partial charge in [0, 0.05) is 32.2 Å². The van der Waals surface area contributed by atoms with E-state index in [1.807, 2.05) is 13.8 Å². The third kappa shape index (κ3) is 8.73. The summed E-state index contributed by atoms with van der Waals surface area (Å²) < 4.78 is 5.91.